The maximum Gasteiger partial charge on any atom is 0.277 e. The fraction of sp³-hybridized carbons (Fsp3) is 0.667. The van der Waals surface area contributed by atoms with E-state index < -0.39 is 15.7 Å². The van der Waals surface area contributed by atoms with Gasteiger partial charge in [0, 0.05) is 23.3 Å². The van der Waals surface area contributed by atoms with Crippen molar-refractivity contribution in [2.75, 3.05) is 0 Å². The third-order valence-electron chi connectivity index (χ3n) is 1.79. The first-order valence-corrected chi connectivity index (χ1v) is 6.48. The molecular weight excluding hydrogens is 228 g/mol. The van der Waals surface area contributed by atoms with E-state index in [0.717, 1.165) is 5.56 Å². The molecule has 3 N–H and O–H groups in total. The number of rotatable bonds is 4. The summed E-state index contributed by atoms with van der Waals surface area (Å²) in [5.74, 6) is 0. The predicted molar refractivity (Wildman–Crippen MR) is 61.9 cm³/mol. The Morgan fingerprint density at radius 1 is 1.44 bits per heavy atom. The van der Waals surface area contributed by atoms with Gasteiger partial charge in [0.1, 0.15) is 0 Å². The molecule has 0 aliphatic rings. The van der Waals surface area contributed by atoms with Crippen LogP contribution in [0.2, 0.25) is 0 Å². The number of hydrogen-bond acceptors (Lipinski definition) is 3. The molecule has 1 heterocycles. The molecule has 0 bridgehead atoms. The summed E-state index contributed by atoms with van der Waals surface area (Å²) in [6.45, 7) is 7.12. The average Bonchev–Trinajstić information content (AvgIpc) is 2.48. The quantitative estimate of drug-likeness (QED) is 0.730. The summed E-state index contributed by atoms with van der Waals surface area (Å²) in [5.41, 5.74) is 0.293. The molecule has 0 saturated heterocycles. The second kappa shape index (κ2) is 4.52. The minimum absolute atomic E-state index is 0.321. The molecule has 1 aromatic rings. The first-order chi connectivity index (χ1) is 7.20. The van der Waals surface area contributed by atoms with Crippen LogP contribution in [0.25, 0.3) is 0 Å². The summed E-state index contributed by atoms with van der Waals surface area (Å²) >= 11 is 0. The summed E-state index contributed by atoms with van der Waals surface area (Å²) in [5, 5.41) is 6.41. The summed E-state index contributed by atoms with van der Waals surface area (Å²) in [6.07, 6.45) is 3.24. The first kappa shape index (κ1) is 13.1. The molecule has 0 aromatic carbocycles. The van der Waals surface area contributed by atoms with E-state index in [1.807, 2.05) is 0 Å². The Morgan fingerprint density at radius 3 is 2.50 bits per heavy atom. The van der Waals surface area contributed by atoms with Gasteiger partial charge in [0.15, 0.2) is 0 Å². The third kappa shape index (κ3) is 4.30. The molecule has 0 saturated carbocycles. The minimum atomic E-state index is -3.51. The van der Waals surface area contributed by atoms with Gasteiger partial charge in [-0.15, -0.1) is 0 Å². The second-order valence-corrected chi connectivity index (χ2v) is 6.17. The standard InChI is InChI=1S/C9H18N4O2S/c1-7(8-5-10-11-6-8)12-16(14,15)13-9(2,3)4/h5-7,12-13H,1-4H3,(H,10,11). The third-order valence-corrected chi connectivity index (χ3v) is 3.34. The molecule has 92 valence electrons. The van der Waals surface area contributed by atoms with Crippen LogP contribution in [-0.4, -0.2) is 24.2 Å². The number of nitrogens with zero attached hydrogens (tertiary/aromatic N) is 1. The van der Waals surface area contributed by atoms with Gasteiger partial charge in [0.25, 0.3) is 10.2 Å². The van der Waals surface area contributed by atoms with Crippen LogP contribution in [0.3, 0.4) is 0 Å². The highest BCUT2D eigenvalue weighted by molar-refractivity contribution is 7.87. The molecule has 0 aliphatic heterocycles. The molecule has 16 heavy (non-hydrogen) atoms. The lowest BCUT2D eigenvalue weighted by molar-refractivity contribution is 0.478. The van der Waals surface area contributed by atoms with Gasteiger partial charge in [-0.1, -0.05) is 0 Å². The predicted octanol–water partition coefficient (Wildman–Crippen LogP) is 0.693. The number of aromatic nitrogens is 2. The molecule has 0 aliphatic carbocycles. The van der Waals surface area contributed by atoms with Gasteiger partial charge in [0.2, 0.25) is 0 Å². The maximum absolute atomic E-state index is 11.7. The van der Waals surface area contributed by atoms with Gasteiger partial charge in [-0.05, 0) is 27.7 Å². The Morgan fingerprint density at radius 2 is 2.06 bits per heavy atom. The van der Waals surface area contributed by atoms with E-state index >= 15 is 0 Å². The van der Waals surface area contributed by atoms with Crippen molar-refractivity contribution in [1.29, 1.82) is 0 Å². The van der Waals surface area contributed by atoms with Crippen molar-refractivity contribution in [2.24, 2.45) is 0 Å². The fourth-order valence-corrected chi connectivity index (χ4v) is 2.70. The Balaban J connectivity index is 2.67. The van der Waals surface area contributed by atoms with Gasteiger partial charge in [-0.3, -0.25) is 5.10 Å². The molecule has 0 radical (unpaired) electrons. The molecule has 1 rings (SSSR count). The van der Waals surface area contributed by atoms with Crippen LogP contribution in [-0.2, 0) is 10.2 Å². The molecular formula is C9H18N4O2S. The molecule has 1 atom stereocenters. The van der Waals surface area contributed by atoms with E-state index in [0.29, 0.717) is 0 Å². The summed E-state index contributed by atoms with van der Waals surface area (Å²) in [7, 11) is -3.51. The van der Waals surface area contributed by atoms with Crippen LogP contribution in [0.1, 0.15) is 39.3 Å². The molecule has 0 spiro atoms. The van der Waals surface area contributed by atoms with Crippen LogP contribution in [0.15, 0.2) is 12.4 Å². The normalized spacial score (nSPS) is 15.0. The lowest BCUT2D eigenvalue weighted by Gasteiger charge is -2.22. The van der Waals surface area contributed by atoms with Gasteiger partial charge in [0.05, 0.1) is 6.20 Å². The van der Waals surface area contributed by atoms with Crippen molar-refractivity contribution in [3.63, 3.8) is 0 Å². The molecule has 0 fully saturated rings. The Bertz CT molecular complexity index is 419. The molecule has 7 heteroatoms. The van der Waals surface area contributed by atoms with E-state index in [2.05, 4.69) is 19.6 Å². The monoisotopic (exact) mass is 246 g/mol. The molecule has 6 nitrogen and oxygen atoms in total. The van der Waals surface area contributed by atoms with Crippen molar-refractivity contribution in [3.05, 3.63) is 18.0 Å². The molecule has 0 amide bonds. The van der Waals surface area contributed by atoms with E-state index in [9.17, 15) is 8.42 Å². The number of nitrogens with one attached hydrogen (secondary N) is 3. The number of hydrogen-bond donors (Lipinski definition) is 3. The van der Waals surface area contributed by atoms with Crippen molar-refractivity contribution in [2.45, 2.75) is 39.3 Å². The highest BCUT2D eigenvalue weighted by atomic mass is 32.2. The van der Waals surface area contributed by atoms with Gasteiger partial charge < -0.3 is 0 Å². The zero-order valence-corrected chi connectivity index (χ0v) is 10.7. The van der Waals surface area contributed by atoms with Crippen LogP contribution in [0.4, 0.5) is 0 Å². The van der Waals surface area contributed by atoms with Gasteiger partial charge >= 0.3 is 0 Å². The van der Waals surface area contributed by atoms with Crippen molar-refractivity contribution in [3.8, 4) is 0 Å². The van der Waals surface area contributed by atoms with Crippen LogP contribution >= 0.6 is 0 Å². The second-order valence-electron chi connectivity index (χ2n) is 4.73. The highest BCUT2D eigenvalue weighted by Crippen LogP contribution is 2.11. The van der Waals surface area contributed by atoms with E-state index in [4.69, 9.17) is 0 Å². The first-order valence-electron chi connectivity index (χ1n) is 4.99. The molecule has 1 aromatic heterocycles. The van der Waals surface area contributed by atoms with Crippen molar-refractivity contribution < 1.29 is 8.42 Å². The topological polar surface area (TPSA) is 86.9 Å². The SMILES string of the molecule is CC(NS(=O)(=O)NC(C)(C)C)c1cn[nH]c1. The van der Waals surface area contributed by atoms with Gasteiger partial charge in [-0.2, -0.15) is 23.0 Å². The molecule has 1 unspecified atom stereocenters. The maximum atomic E-state index is 11.7. The Hall–Kier alpha value is -0.920. The largest absolute Gasteiger partial charge is 0.285 e. The fourth-order valence-electron chi connectivity index (χ4n) is 1.23. The van der Waals surface area contributed by atoms with Crippen LogP contribution in [0.5, 0.6) is 0 Å². The van der Waals surface area contributed by atoms with Crippen molar-refractivity contribution >= 4 is 10.2 Å². The zero-order chi connectivity index (χ0) is 12.4. The van der Waals surface area contributed by atoms with Gasteiger partial charge in [-0.25, -0.2) is 0 Å². The van der Waals surface area contributed by atoms with Crippen LogP contribution < -0.4 is 9.44 Å². The Labute approximate surface area is 96.0 Å². The van der Waals surface area contributed by atoms with E-state index in [1.165, 1.54) is 0 Å². The zero-order valence-electron chi connectivity index (χ0n) is 9.90. The summed E-state index contributed by atoms with van der Waals surface area (Å²) < 4.78 is 28.4. The highest BCUT2D eigenvalue weighted by Gasteiger charge is 2.22. The number of aromatic amines is 1. The average molecular weight is 246 g/mol. The van der Waals surface area contributed by atoms with Crippen LogP contribution in [0, 0.1) is 0 Å². The minimum Gasteiger partial charge on any atom is -0.285 e. The van der Waals surface area contributed by atoms with E-state index in [1.54, 1.807) is 40.1 Å². The summed E-state index contributed by atoms with van der Waals surface area (Å²) in [4.78, 5) is 0. The summed E-state index contributed by atoms with van der Waals surface area (Å²) in [6, 6.07) is -0.321. The van der Waals surface area contributed by atoms with Crippen molar-refractivity contribution in [1.82, 2.24) is 19.6 Å². The smallest absolute Gasteiger partial charge is 0.277 e. The lowest BCUT2D eigenvalue weighted by atomic mass is 10.1. The number of H-pyrrole nitrogens is 1. The lowest BCUT2D eigenvalue weighted by Crippen LogP contribution is -2.47. The Kier molecular flexibility index (Phi) is 3.72. The van der Waals surface area contributed by atoms with E-state index in [-0.39, 0.29) is 6.04 Å².